The van der Waals surface area contributed by atoms with Gasteiger partial charge in [-0.25, -0.2) is 9.59 Å². The van der Waals surface area contributed by atoms with Crippen molar-refractivity contribution in [2.75, 3.05) is 6.54 Å². The maximum Gasteiger partial charge on any atom is 0.492 e. The molecule has 1 aliphatic rings. The van der Waals surface area contributed by atoms with E-state index >= 15 is 0 Å². The van der Waals surface area contributed by atoms with Crippen molar-refractivity contribution >= 4 is 36.0 Å². The third-order valence-corrected chi connectivity index (χ3v) is 5.44. The first-order chi connectivity index (χ1) is 13.9. The molecule has 1 aromatic heterocycles. The molecule has 2 N–H and O–H groups in total. The van der Waals surface area contributed by atoms with E-state index in [0.717, 1.165) is 0 Å². The maximum atomic E-state index is 11.7. The third-order valence-electron chi connectivity index (χ3n) is 5.44. The molecule has 1 fully saturated rings. The summed E-state index contributed by atoms with van der Waals surface area (Å²) >= 11 is 0. The Morgan fingerprint density at radius 1 is 1.13 bits per heavy atom. The molecule has 1 aromatic carbocycles. The van der Waals surface area contributed by atoms with E-state index in [1.54, 1.807) is 18.2 Å². The fourth-order valence-electron chi connectivity index (χ4n) is 3.02. The summed E-state index contributed by atoms with van der Waals surface area (Å²) < 4.78 is 17.3. The molecule has 8 nitrogen and oxygen atoms in total. The lowest BCUT2D eigenvalue weighted by atomic mass is 9.77. The van der Waals surface area contributed by atoms with Gasteiger partial charge in [-0.3, -0.25) is 4.79 Å². The van der Waals surface area contributed by atoms with Crippen LogP contribution in [0.3, 0.4) is 0 Å². The van der Waals surface area contributed by atoms with E-state index in [2.05, 4.69) is 5.32 Å². The number of hydrogen-bond donors (Lipinski definition) is 2. The topological polar surface area (TPSA) is 115 Å². The Balaban J connectivity index is 2.02. The molecule has 0 aliphatic carbocycles. The van der Waals surface area contributed by atoms with Crippen molar-refractivity contribution in [3.05, 3.63) is 51.3 Å². The molecule has 0 bridgehead atoms. The molecule has 0 radical (unpaired) electrons. The summed E-state index contributed by atoms with van der Waals surface area (Å²) in [7, 11) is -0.666. The fourth-order valence-corrected chi connectivity index (χ4v) is 3.02. The van der Waals surface area contributed by atoms with Gasteiger partial charge in [-0.05, 0) is 56.9 Å². The van der Waals surface area contributed by atoms with Gasteiger partial charge in [0, 0.05) is 18.9 Å². The molecule has 9 heteroatoms. The fraction of sp³-hybridized carbons (Fsp3) is 0.381. The smallest absolute Gasteiger partial charge is 0.477 e. The second kappa shape index (κ2) is 7.73. The summed E-state index contributed by atoms with van der Waals surface area (Å²) in [4.78, 5) is 34.4. The van der Waals surface area contributed by atoms with Crippen LogP contribution in [0.1, 0.15) is 50.5 Å². The van der Waals surface area contributed by atoms with Gasteiger partial charge in [0.05, 0.1) is 11.2 Å². The molecule has 0 saturated carbocycles. The molecule has 30 heavy (non-hydrogen) atoms. The van der Waals surface area contributed by atoms with Crippen LogP contribution >= 0.6 is 0 Å². The van der Waals surface area contributed by atoms with Crippen LogP contribution in [0.25, 0.3) is 17.0 Å². The molecule has 1 aliphatic heterocycles. The van der Waals surface area contributed by atoms with Crippen LogP contribution in [0.5, 0.6) is 0 Å². The van der Waals surface area contributed by atoms with Gasteiger partial charge >= 0.3 is 18.7 Å². The predicted octanol–water partition coefficient (Wildman–Crippen LogP) is 2.64. The first kappa shape index (κ1) is 21.8. The Labute approximate surface area is 174 Å². The van der Waals surface area contributed by atoms with Crippen molar-refractivity contribution in [1.82, 2.24) is 5.32 Å². The highest BCUT2D eigenvalue weighted by Gasteiger charge is 2.52. The Kier molecular flexibility index (Phi) is 5.62. The molecular formula is C21H24BNO7. The van der Waals surface area contributed by atoms with Gasteiger partial charge in [0.1, 0.15) is 11.1 Å². The maximum absolute atomic E-state index is 11.7. The second-order valence-electron chi connectivity index (χ2n) is 8.27. The quantitative estimate of drug-likeness (QED) is 0.572. The molecule has 158 valence electrons. The van der Waals surface area contributed by atoms with Gasteiger partial charge in [0.25, 0.3) is 0 Å². The Bertz CT molecular complexity index is 1080. The Morgan fingerprint density at radius 3 is 2.33 bits per heavy atom. The van der Waals surface area contributed by atoms with E-state index < -0.39 is 35.5 Å². The molecule has 1 saturated heterocycles. The third kappa shape index (κ3) is 4.32. The van der Waals surface area contributed by atoms with Crippen molar-refractivity contribution < 1.29 is 28.4 Å². The molecule has 3 rings (SSSR count). The summed E-state index contributed by atoms with van der Waals surface area (Å²) in [5.74, 6) is -1.54. The first-order valence-electron chi connectivity index (χ1n) is 9.51. The average molecular weight is 413 g/mol. The van der Waals surface area contributed by atoms with E-state index in [0.29, 0.717) is 16.4 Å². The van der Waals surface area contributed by atoms with Crippen LogP contribution in [0.4, 0.5) is 0 Å². The van der Waals surface area contributed by atoms with Crippen LogP contribution in [0.2, 0.25) is 0 Å². The summed E-state index contributed by atoms with van der Waals surface area (Å²) in [5, 5.41) is 12.4. The van der Waals surface area contributed by atoms with Crippen molar-refractivity contribution in [3.8, 4) is 0 Å². The normalized spacial score (nSPS) is 17.9. The minimum absolute atomic E-state index is 0.191. The Morgan fingerprint density at radius 2 is 1.77 bits per heavy atom. The second-order valence-corrected chi connectivity index (χ2v) is 8.27. The summed E-state index contributed by atoms with van der Waals surface area (Å²) in [5.41, 5.74) is -0.746. The minimum Gasteiger partial charge on any atom is -0.477 e. The van der Waals surface area contributed by atoms with Gasteiger partial charge < -0.3 is 24.1 Å². The number of benzene rings is 1. The predicted molar refractivity (Wildman–Crippen MR) is 112 cm³/mol. The number of aromatic carboxylic acids is 1. The molecular weight excluding hydrogens is 389 g/mol. The zero-order chi connectivity index (χ0) is 22.3. The monoisotopic (exact) mass is 413 g/mol. The van der Waals surface area contributed by atoms with Gasteiger partial charge in [-0.2, -0.15) is 0 Å². The number of fused-ring (bicyclic) bond motifs is 1. The highest BCUT2D eigenvalue weighted by molar-refractivity contribution is 6.56. The standard InChI is InChI=1S/C21H24BNO7/c1-12(24)23-11-15(22-29-20(2,3)21(4,5)30-22)9-13-6-7-17-14(8-13)10-16(18(25)26)19(27)28-17/h6-10H,11H2,1-5H3,(H,23,24)(H,25,26). The number of hydrogen-bond acceptors (Lipinski definition) is 6. The van der Waals surface area contributed by atoms with Crippen LogP contribution in [-0.4, -0.2) is 41.8 Å². The molecule has 0 atom stereocenters. The average Bonchev–Trinajstić information content (AvgIpc) is 2.85. The molecule has 0 spiro atoms. The van der Waals surface area contributed by atoms with Crippen LogP contribution in [-0.2, 0) is 14.1 Å². The number of amides is 1. The van der Waals surface area contributed by atoms with Crippen LogP contribution < -0.4 is 10.9 Å². The molecule has 1 amide bonds. The van der Waals surface area contributed by atoms with E-state index in [1.807, 2.05) is 33.8 Å². The zero-order valence-corrected chi connectivity index (χ0v) is 17.6. The van der Waals surface area contributed by atoms with Crippen molar-refractivity contribution in [1.29, 1.82) is 0 Å². The van der Waals surface area contributed by atoms with E-state index in [4.69, 9.17) is 18.8 Å². The lowest BCUT2D eigenvalue weighted by molar-refractivity contribution is -0.118. The highest BCUT2D eigenvalue weighted by atomic mass is 16.7. The number of carbonyl (C=O) groups excluding carboxylic acids is 1. The lowest BCUT2D eigenvalue weighted by Crippen LogP contribution is -2.41. The number of nitrogens with one attached hydrogen (secondary N) is 1. The van der Waals surface area contributed by atoms with Gasteiger partial charge in [0.15, 0.2) is 0 Å². The van der Waals surface area contributed by atoms with E-state index in [9.17, 15) is 14.4 Å². The molecule has 2 heterocycles. The number of carboxylic acid groups (broad SMARTS) is 1. The number of carbonyl (C=O) groups is 2. The van der Waals surface area contributed by atoms with Gasteiger partial charge in [0.2, 0.25) is 5.91 Å². The van der Waals surface area contributed by atoms with Crippen LogP contribution in [0, 0.1) is 0 Å². The molecule has 0 unspecified atom stereocenters. The van der Waals surface area contributed by atoms with Crippen molar-refractivity contribution in [3.63, 3.8) is 0 Å². The largest absolute Gasteiger partial charge is 0.492 e. The highest BCUT2D eigenvalue weighted by Crippen LogP contribution is 2.38. The number of carboxylic acids is 1. The molecule has 2 aromatic rings. The van der Waals surface area contributed by atoms with Gasteiger partial charge in [-0.15, -0.1) is 0 Å². The summed E-state index contributed by atoms with van der Waals surface area (Å²) in [6, 6.07) is 6.30. The number of rotatable bonds is 5. The summed E-state index contributed by atoms with van der Waals surface area (Å²) in [6.07, 6.45) is 1.81. The van der Waals surface area contributed by atoms with E-state index in [1.165, 1.54) is 13.0 Å². The zero-order valence-electron chi connectivity index (χ0n) is 17.6. The SMILES string of the molecule is CC(=O)NCC(=Cc1ccc2oc(=O)c(C(=O)O)cc2c1)B1OC(C)(C)C(C)(C)O1. The van der Waals surface area contributed by atoms with Crippen LogP contribution in [0.15, 0.2) is 38.9 Å². The summed E-state index contributed by atoms with van der Waals surface area (Å²) in [6.45, 7) is 9.40. The first-order valence-corrected chi connectivity index (χ1v) is 9.51. The minimum atomic E-state index is -1.35. The van der Waals surface area contributed by atoms with E-state index in [-0.39, 0.29) is 18.0 Å². The Hall–Kier alpha value is -2.91. The van der Waals surface area contributed by atoms with Crippen molar-refractivity contribution in [2.45, 2.75) is 45.8 Å². The lowest BCUT2D eigenvalue weighted by Gasteiger charge is -2.32. The van der Waals surface area contributed by atoms with Gasteiger partial charge in [-0.1, -0.05) is 12.1 Å². The van der Waals surface area contributed by atoms with Crippen molar-refractivity contribution in [2.24, 2.45) is 0 Å².